The molecule has 1 fully saturated rings. The second-order valence-corrected chi connectivity index (χ2v) is 7.69. The number of benzene rings is 2. The predicted molar refractivity (Wildman–Crippen MR) is 115 cm³/mol. The van der Waals surface area contributed by atoms with E-state index in [1.165, 1.54) is 5.69 Å². The van der Waals surface area contributed by atoms with Crippen molar-refractivity contribution in [3.63, 3.8) is 0 Å². The van der Waals surface area contributed by atoms with E-state index in [0.29, 0.717) is 11.7 Å². The van der Waals surface area contributed by atoms with E-state index < -0.39 is 0 Å². The first-order chi connectivity index (χ1) is 14.7. The van der Waals surface area contributed by atoms with Gasteiger partial charge in [0.25, 0.3) is 5.89 Å². The first-order valence-electron chi connectivity index (χ1n) is 10.2. The van der Waals surface area contributed by atoms with Crippen LogP contribution in [-0.2, 0) is 13.6 Å². The van der Waals surface area contributed by atoms with Gasteiger partial charge in [-0.15, -0.1) is 0 Å². The maximum Gasteiger partial charge on any atom is 0.258 e. The minimum absolute atomic E-state index is 0.214. The Morgan fingerprint density at radius 1 is 1.00 bits per heavy atom. The highest BCUT2D eigenvalue weighted by Gasteiger charge is 2.24. The van der Waals surface area contributed by atoms with Crippen LogP contribution in [0.4, 0.5) is 0 Å². The first-order valence-corrected chi connectivity index (χ1v) is 10.2. The van der Waals surface area contributed by atoms with Crippen LogP contribution in [0, 0.1) is 0 Å². The number of hydrogen-bond acceptors (Lipinski definition) is 5. The van der Waals surface area contributed by atoms with Crippen molar-refractivity contribution < 1.29 is 9.26 Å². The third kappa shape index (κ3) is 4.00. The van der Waals surface area contributed by atoms with Gasteiger partial charge in [-0.1, -0.05) is 23.4 Å². The fraction of sp³-hybridized carbons (Fsp3) is 0.250. The van der Waals surface area contributed by atoms with Crippen LogP contribution >= 0.6 is 0 Å². The van der Waals surface area contributed by atoms with E-state index in [1.807, 2.05) is 54.6 Å². The van der Waals surface area contributed by atoms with Gasteiger partial charge >= 0.3 is 0 Å². The Morgan fingerprint density at radius 3 is 2.60 bits per heavy atom. The van der Waals surface area contributed by atoms with Gasteiger partial charge in [-0.05, 0) is 55.0 Å². The molecule has 2 aromatic heterocycles. The van der Waals surface area contributed by atoms with Gasteiger partial charge in [-0.2, -0.15) is 4.98 Å². The fourth-order valence-corrected chi connectivity index (χ4v) is 3.84. The lowest BCUT2D eigenvalue weighted by Gasteiger charge is -2.17. The van der Waals surface area contributed by atoms with E-state index in [0.717, 1.165) is 42.9 Å². The standard InChI is InChI=1S/C24H24N4O2/c1-27-14-5-8-20(27)16-28-15-13-22(17-28)29-21-11-9-18(10-12-21)23-25-24(30-26-23)19-6-3-2-4-7-19/h2-12,14,22H,13,15-17H2,1H3. The summed E-state index contributed by atoms with van der Waals surface area (Å²) in [6.45, 7) is 2.96. The number of hydrogen-bond donors (Lipinski definition) is 0. The molecule has 1 saturated heterocycles. The average Bonchev–Trinajstić information content (AvgIpc) is 3.52. The highest BCUT2D eigenvalue weighted by molar-refractivity contribution is 5.60. The largest absolute Gasteiger partial charge is 0.489 e. The van der Waals surface area contributed by atoms with Gasteiger partial charge in [0.15, 0.2) is 0 Å². The molecular formula is C24H24N4O2. The van der Waals surface area contributed by atoms with Crippen LogP contribution in [0.2, 0.25) is 0 Å². The zero-order valence-corrected chi connectivity index (χ0v) is 16.9. The second-order valence-electron chi connectivity index (χ2n) is 7.69. The summed E-state index contributed by atoms with van der Waals surface area (Å²) < 4.78 is 13.8. The Bertz CT molecular complexity index is 1100. The zero-order valence-electron chi connectivity index (χ0n) is 16.9. The smallest absolute Gasteiger partial charge is 0.258 e. The fourth-order valence-electron chi connectivity index (χ4n) is 3.84. The number of aromatic nitrogens is 3. The third-order valence-electron chi connectivity index (χ3n) is 5.53. The zero-order chi connectivity index (χ0) is 20.3. The van der Waals surface area contributed by atoms with Crippen molar-refractivity contribution in [3.8, 4) is 28.6 Å². The molecule has 1 aliphatic heterocycles. The van der Waals surface area contributed by atoms with Crippen LogP contribution < -0.4 is 4.74 Å². The Hall–Kier alpha value is -3.38. The van der Waals surface area contributed by atoms with Crippen LogP contribution in [0.5, 0.6) is 5.75 Å². The van der Waals surface area contributed by atoms with E-state index in [-0.39, 0.29) is 6.10 Å². The van der Waals surface area contributed by atoms with Gasteiger partial charge in [-0.3, -0.25) is 4.90 Å². The normalized spacial score (nSPS) is 16.8. The maximum atomic E-state index is 6.21. The van der Waals surface area contributed by atoms with Gasteiger partial charge in [-0.25, -0.2) is 0 Å². The van der Waals surface area contributed by atoms with Crippen molar-refractivity contribution in [2.45, 2.75) is 19.1 Å². The van der Waals surface area contributed by atoms with Crippen molar-refractivity contribution in [1.29, 1.82) is 0 Å². The Kier molecular flexibility index (Phi) is 5.07. The summed E-state index contributed by atoms with van der Waals surface area (Å²) in [6, 6.07) is 22.0. The Balaban J connectivity index is 1.20. The highest BCUT2D eigenvalue weighted by Crippen LogP contribution is 2.25. The molecule has 1 aliphatic rings. The summed E-state index contributed by atoms with van der Waals surface area (Å²) in [4.78, 5) is 6.95. The molecule has 6 nitrogen and oxygen atoms in total. The van der Waals surface area contributed by atoms with Crippen molar-refractivity contribution in [2.75, 3.05) is 13.1 Å². The summed E-state index contributed by atoms with van der Waals surface area (Å²) in [7, 11) is 2.09. The third-order valence-corrected chi connectivity index (χ3v) is 5.53. The van der Waals surface area contributed by atoms with E-state index in [1.54, 1.807) is 0 Å². The molecule has 0 aliphatic carbocycles. The van der Waals surface area contributed by atoms with E-state index in [4.69, 9.17) is 9.26 Å². The number of rotatable bonds is 6. The lowest BCUT2D eigenvalue weighted by atomic mass is 10.2. The van der Waals surface area contributed by atoms with Gasteiger partial charge in [0.1, 0.15) is 11.9 Å². The van der Waals surface area contributed by atoms with Crippen LogP contribution in [0.3, 0.4) is 0 Å². The van der Waals surface area contributed by atoms with Crippen molar-refractivity contribution in [1.82, 2.24) is 19.6 Å². The lowest BCUT2D eigenvalue weighted by molar-refractivity contribution is 0.197. The molecule has 3 heterocycles. The van der Waals surface area contributed by atoms with Gasteiger partial charge in [0, 0.05) is 49.7 Å². The van der Waals surface area contributed by atoms with Crippen LogP contribution in [0.1, 0.15) is 12.1 Å². The second kappa shape index (κ2) is 8.16. The number of likely N-dealkylation sites (tertiary alicyclic amines) is 1. The summed E-state index contributed by atoms with van der Waals surface area (Å²) in [6.07, 6.45) is 3.34. The first kappa shape index (κ1) is 18.6. The lowest BCUT2D eigenvalue weighted by Crippen LogP contribution is -2.25. The number of aryl methyl sites for hydroxylation is 1. The molecule has 1 atom stereocenters. The molecule has 2 aromatic carbocycles. The molecule has 0 spiro atoms. The monoisotopic (exact) mass is 400 g/mol. The average molecular weight is 400 g/mol. The molecule has 0 N–H and O–H groups in total. The molecule has 1 unspecified atom stereocenters. The predicted octanol–water partition coefficient (Wildman–Crippen LogP) is 4.40. The quantitative estimate of drug-likeness (QED) is 0.480. The molecule has 152 valence electrons. The molecule has 6 heteroatoms. The van der Waals surface area contributed by atoms with Crippen molar-refractivity contribution in [3.05, 3.63) is 78.6 Å². The molecule has 0 amide bonds. The van der Waals surface area contributed by atoms with E-state index in [2.05, 4.69) is 45.0 Å². The minimum atomic E-state index is 0.214. The molecular weight excluding hydrogens is 376 g/mol. The topological polar surface area (TPSA) is 56.3 Å². The van der Waals surface area contributed by atoms with Crippen LogP contribution in [0.25, 0.3) is 22.8 Å². The molecule has 0 radical (unpaired) electrons. The molecule has 0 bridgehead atoms. The number of ether oxygens (including phenoxy) is 1. The van der Waals surface area contributed by atoms with Gasteiger partial charge in [0.05, 0.1) is 0 Å². The molecule has 0 saturated carbocycles. The summed E-state index contributed by atoms with van der Waals surface area (Å²) in [5.41, 5.74) is 3.15. The Morgan fingerprint density at radius 2 is 1.83 bits per heavy atom. The molecule has 30 heavy (non-hydrogen) atoms. The Labute approximate surface area is 175 Å². The minimum Gasteiger partial charge on any atom is -0.489 e. The summed E-state index contributed by atoms with van der Waals surface area (Å²) in [5, 5.41) is 4.11. The van der Waals surface area contributed by atoms with E-state index >= 15 is 0 Å². The summed E-state index contributed by atoms with van der Waals surface area (Å²) in [5.74, 6) is 1.97. The van der Waals surface area contributed by atoms with Gasteiger partial charge in [0.2, 0.25) is 5.82 Å². The van der Waals surface area contributed by atoms with Gasteiger partial charge < -0.3 is 13.8 Å². The highest BCUT2D eigenvalue weighted by atomic mass is 16.5. The van der Waals surface area contributed by atoms with E-state index in [9.17, 15) is 0 Å². The van der Waals surface area contributed by atoms with Crippen molar-refractivity contribution in [2.24, 2.45) is 7.05 Å². The summed E-state index contributed by atoms with van der Waals surface area (Å²) >= 11 is 0. The number of nitrogens with zero attached hydrogens (tertiary/aromatic N) is 4. The SMILES string of the molecule is Cn1cccc1CN1CCC(Oc2ccc(-c3noc(-c4ccccc4)n3)cc2)C1. The van der Waals surface area contributed by atoms with Crippen LogP contribution in [0.15, 0.2) is 77.4 Å². The van der Waals surface area contributed by atoms with Crippen LogP contribution in [-0.4, -0.2) is 38.8 Å². The molecule has 4 aromatic rings. The van der Waals surface area contributed by atoms with Crippen molar-refractivity contribution >= 4 is 0 Å². The maximum absolute atomic E-state index is 6.21. The molecule has 5 rings (SSSR count).